The van der Waals surface area contributed by atoms with Gasteiger partial charge in [-0.3, -0.25) is 0 Å². The summed E-state index contributed by atoms with van der Waals surface area (Å²) in [6, 6.07) is 8.71. The number of urea groups is 1. The van der Waals surface area contributed by atoms with Gasteiger partial charge in [0.15, 0.2) is 0 Å². The number of hydrogen-bond donors (Lipinski definition) is 2. The number of fused-ring (bicyclic) bond motifs is 1. The van der Waals surface area contributed by atoms with Crippen molar-refractivity contribution in [2.24, 2.45) is 11.3 Å². The van der Waals surface area contributed by atoms with Crippen molar-refractivity contribution < 1.29 is 13.9 Å². The fraction of sp³-hybridized carbons (Fsp3) is 0.679. The van der Waals surface area contributed by atoms with Gasteiger partial charge in [0.25, 0.3) is 0 Å². The summed E-state index contributed by atoms with van der Waals surface area (Å²) >= 11 is 0. The van der Waals surface area contributed by atoms with Gasteiger partial charge in [-0.2, -0.15) is 0 Å². The molecule has 2 heterocycles. The number of amides is 2. The van der Waals surface area contributed by atoms with Gasteiger partial charge in [0.1, 0.15) is 5.58 Å². The molecule has 6 nitrogen and oxygen atoms in total. The Morgan fingerprint density at radius 2 is 2.09 bits per heavy atom. The summed E-state index contributed by atoms with van der Waals surface area (Å²) < 4.78 is 11.2. The monoisotopic (exact) mass is 471 g/mol. The molecule has 34 heavy (non-hydrogen) atoms. The molecule has 3 rings (SSSR count). The topological polar surface area (TPSA) is 66.7 Å². The van der Waals surface area contributed by atoms with Crippen LogP contribution >= 0.6 is 0 Å². The number of likely N-dealkylation sites (tertiary alicyclic amines) is 1. The molecule has 1 aliphatic heterocycles. The fourth-order valence-corrected chi connectivity index (χ4v) is 5.51. The summed E-state index contributed by atoms with van der Waals surface area (Å²) in [7, 11) is 3.71. The molecular weight excluding hydrogens is 426 g/mol. The molecule has 0 aliphatic carbocycles. The highest BCUT2D eigenvalue weighted by Gasteiger charge is 2.32. The Kier molecular flexibility index (Phi) is 9.84. The zero-order valence-electron chi connectivity index (χ0n) is 21.9. The van der Waals surface area contributed by atoms with Gasteiger partial charge >= 0.3 is 6.03 Å². The molecule has 0 radical (unpaired) electrons. The highest BCUT2D eigenvalue weighted by Crippen LogP contribution is 2.39. The molecule has 1 saturated heterocycles. The maximum atomic E-state index is 13.3. The minimum atomic E-state index is 0.0727. The van der Waals surface area contributed by atoms with E-state index in [2.05, 4.69) is 49.6 Å². The molecule has 6 heteroatoms. The van der Waals surface area contributed by atoms with Gasteiger partial charge < -0.3 is 24.7 Å². The Labute approximate surface area is 205 Å². The second-order valence-corrected chi connectivity index (χ2v) is 11.1. The molecular formula is C28H45N3O3. The van der Waals surface area contributed by atoms with E-state index in [0.717, 1.165) is 75.7 Å². The number of hydrogen-bond acceptors (Lipinski definition) is 4. The second-order valence-electron chi connectivity index (χ2n) is 11.1. The first-order valence-electron chi connectivity index (χ1n) is 13.0. The number of nitrogens with zero attached hydrogens (tertiary/aromatic N) is 1. The number of likely N-dealkylation sites (N-methyl/N-ethyl adjacent to an activating group) is 1. The van der Waals surface area contributed by atoms with E-state index in [-0.39, 0.29) is 17.5 Å². The Balaban J connectivity index is 1.74. The first kappa shape index (κ1) is 26.6. The average molecular weight is 472 g/mol. The number of para-hydroxylation sites is 1. The highest BCUT2D eigenvalue weighted by molar-refractivity contribution is 5.81. The van der Waals surface area contributed by atoms with Crippen LogP contribution in [0.5, 0.6) is 0 Å². The van der Waals surface area contributed by atoms with Crippen LogP contribution in [-0.2, 0) is 4.74 Å². The summed E-state index contributed by atoms with van der Waals surface area (Å²) in [5, 5.41) is 7.71. The number of ether oxygens (including phenoxy) is 1. The van der Waals surface area contributed by atoms with Crippen molar-refractivity contribution in [1.29, 1.82) is 0 Å². The van der Waals surface area contributed by atoms with Crippen LogP contribution < -0.4 is 10.6 Å². The van der Waals surface area contributed by atoms with E-state index >= 15 is 0 Å². The summed E-state index contributed by atoms with van der Waals surface area (Å²) in [5.41, 5.74) is 2.45. The number of carbonyl (C=O) groups is 1. The van der Waals surface area contributed by atoms with Crippen LogP contribution in [0.25, 0.3) is 11.0 Å². The van der Waals surface area contributed by atoms with Crippen LogP contribution in [0.3, 0.4) is 0 Å². The van der Waals surface area contributed by atoms with E-state index < -0.39 is 0 Å². The largest absolute Gasteiger partial charge is 0.464 e. The van der Waals surface area contributed by atoms with E-state index in [0.29, 0.717) is 11.8 Å². The summed E-state index contributed by atoms with van der Waals surface area (Å²) in [4.78, 5) is 15.3. The third-order valence-corrected chi connectivity index (χ3v) is 6.97. The van der Waals surface area contributed by atoms with Gasteiger partial charge in [0.05, 0.1) is 6.26 Å². The van der Waals surface area contributed by atoms with Crippen molar-refractivity contribution in [2.75, 3.05) is 40.4 Å². The number of unbranched alkanes of at least 4 members (excludes halogenated alkanes) is 1. The molecule has 190 valence electrons. The van der Waals surface area contributed by atoms with Gasteiger partial charge in [-0.25, -0.2) is 4.79 Å². The molecule has 0 spiro atoms. The first-order valence-corrected chi connectivity index (χ1v) is 13.0. The molecule has 2 N–H and O–H groups in total. The smallest absolute Gasteiger partial charge is 0.317 e. The zero-order valence-corrected chi connectivity index (χ0v) is 21.9. The van der Waals surface area contributed by atoms with Gasteiger partial charge in [-0.1, -0.05) is 45.4 Å². The van der Waals surface area contributed by atoms with Crippen molar-refractivity contribution in [3.63, 3.8) is 0 Å². The summed E-state index contributed by atoms with van der Waals surface area (Å²) in [6.45, 7) is 9.86. The molecule has 0 bridgehead atoms. The predicted octanol–water partition coefficient (Wildman–Crippen LogP) is 5.78. The molecule has 1 aliphatic rings. The molecule has 2 amide bonds. The number of carbonyl (C=O) groups excluding carboxylic acids is 1. The Morgan fingerprint density at radius 1 is 1.26 bits per heavy atom. The summed E-state index contributed by atoms with van der Waals surface area (Å²) in [6.07, 6.45) is 8.14. The maximum Gasteiger partial charge on any atom is 0.317 e. The number of rotatable bonds is 11. The maximum absolute atomic E-state index is 13.3. The lowest BCUT2D eigenvalue weighted by molar-refractivity contribution is 0.146. The van der Waals surface area contributed by atoms with Crippen molar-refractivity contribution in [3.8, 4) is 0 Å². The van der Waals surface area contributed by atoms with E-state index in [9.17, 15) is 4.79 Å². The molecule has 1 fully saturated rings. The Hall–Kier alpha value is -2.05. The number of piperidine rings is 1. The fourth-order valence-electron chi connectivity index (χ4n) is 5.51. The third-order valence-electron chi connectivity index (χ3n) is 6.97. The van der Waals surface area contributed by atoms with Crippen LogP contribution in [-0.4, -0.2) is 57.4 Å². The van der Waals surface area contributed by atoms with E-state index in [1.807, 2.05) is 18.0 Å². The minimum Gasteiger partial charge on any atom is -0.464 e. The second kappa shape index (κ2) is 12.6. The Morgan fingerprint density at radius 3 is 2.82 bits per heavy atom. The van der Waals surface area contributed by atoms with Crippen LogP contribution in [0, 0.1) is 11.3 Å². The van der Waals surface area contributed by atoms with Crippen molar-refractivity contribution in [1.82, 2.24) is 15.5 Å². The van der Waals surface area contributed by atoms with Crippen molar-refractivity contribution >= 4 is 17.0 Å². The Bertz CT molecular complexity index is 888. The predicted molar refractivity (Wildman–Crippen MR) is 139 cm³/mol. The SMILES string of the molecule is CNC[C@H](CC(C)(C)C)NC(=O)N1CCC[C@@H]([C@@H](CCCCOC)c2cccc3ccoc23)C1. The molecule has 2 aromatic rings. The first-order chi connectivity index (χ1) is 16.3. The molecule has 1 aromatic heterocycles. The average Bonchev–Trinajstić information content (AvgIpc) is 3.28. The highest BCUT2D eigenvalue weighted by atomic mass is 16.5. The van der Waals surface area contributed by atoms with Crippen LogP contribution in [0.2, 0.25) is 0 Å². The molecule has 1 aromatic carbocycles. The number of furan rings is 1. The van der Waals surface area contributed by atoms with E-state index in [4.69, 9.17) is 9.15 Å². The molecule has 3 atom stereocenters. The zero-order chi connectivity index (χ0) is 24.6. The summed E-state index contributed by atoms with van der Waals surface area (Å²) in [5.74, 6) is 0.785. The number of benzene rings is 1. The van der Waals surface area contributed by atoms with Gasteiger partial charge in [0.2, 0.25) is 0 Å². The molecule has 0 unspecified atom stereocenters. The van der Waals surface area contributed by atoms with Crippen LogP contribution in [0.4, 0.5) is 4.79 Å². The standard InChI is InChI=1S/C28H45N3O3/c1-28(2,3)18-23(19-29-4)30-27(32)31-15-9-11-22(20-31)24(12-6-7-16-33-5)25-13-8-10-21-14-17-34-26(21)25/h8,10,13-14,17,22-24,29H,6-7,9,11-12,15-16,18-20H2,1-5H3,(H,30,32)/t22-,23+,24-/m1/s1. The van der Waals surface area contributed by atoms with Crippen molar-refractivity contribution in [2.45, 2.75) is 71.3 Å². The van der Waals surface area contributed by atoms with Crippen LogP contribution in [0.1, 0.15) is 70.8 Å². The van der Waals surface area contributed by atoms with Gasteiger partial charge in [-0.05, 0) is 68.0 Å². The molecule has 0 saturated carbocycles. The normalized spacial score (nSPS) is 18.7. The van der Waals surface area contributed by atoms with Crippen molar-refractivity contribution in [3.05, 3.63) is 36.1 Å². The quantitative estimate of drug-likeness (QED) is 0.408. The van der Waals surface area contributed by atoms with E-state index in [1.165, 1.54) is 5.56 Å². The van der Waals surface area contributed by atoms with Gasteiger partial charge in [-0.15, -0.1) is 0 Å². The van der Waals surface area contributed by atoms with Crippen LogP contribution in [0.15, 0.2) is 34.9 Å². The van der Waals surface area contributed by atoms with Gasteiger partial charge in [0, 0.05) is 44.8 Å². The van der Waals surface area contributed by atoms with E-state index in [1.54, 1.807) is 13.4 Å². The lowest BCUT2D eigenvalue weighted by Gasteiger charge is -2.38. The minimum absolute atomic E-state index is 0.0727. The number of methoxy groups -OCH3 is 1. The lowest BCUT2D eigenvalue weighted by atomic mass is 9.78. The number of nitrogens with one attached hydrogen (secondary N) is 2. The lowest BCUT2D eigenvalue weighted by Crippen LogP contribution is -2.52. The third kappa shape index (κ3) is 7.47.